The second-order valence-corrected chi connectivity index (χ2v) is 5.69. The molecule has 1 atom stereocenters. The molecule has 20 heavy (non-hydrogen) atoms. The molecule has 2 aromatic carbocycles. The molecule has 2 aromatic rings. The highest BCUT2D eigenvalue weighted by Crippen LogP contribution is 2.39. The predicted molar refractivity (Wildman–Crippen MR) is 80.0 cm³/mol. The minimum Gasteiger partial charge on any atom is -0.398 e. The molecule has 102 valence electrons. The van der Waals surface area contributed by atoms with Gasteiger partial charge in [0.2, 0.25) is 5.91 Å². The molecule has 0 saturated heterocycles. The van der Waals surface area contributed by atoms with Crippen LogP contribution in [0.3, 0.4) is 0 Å². The fourth-order valence-electron chi connectivity index (χ4n) is 2.42. The summed E-state index contributed by atoms with van der Waals surface area (Å²) < 4.78 is 13.7. The van der Waals surface area contributed by atoms with E-state index in [9.17, 15) is 9.18 Å². The van der Waals surface area contributed by atoms with Crippen LogP contribution in [0.5, 0.6) is 0 Å². The van der Waals surface area contributed by atoms with Crippen LogP contribution < -0.4 is 11.1 Å². The van der Waals surface area contributed by atoms with Crippen LogP contribution in [0.4, 0.5) is 15.8 Å². The third kappa shape index (κ3) is 2.29. The highest BCUT2D eigenvalue weighted by atomic mass is 79.9. The fraction of sp³-hybridized carbons (Fsp3) is 0.133. The SMILES string of the molecule is Nc1cc2c(cc1Br)C(Cc1ccc(F)cc1)C(=O)N2. The molecule has 1 amide bonds. The van der Waals surface area contributed by atoms with Crippen molar-refractivity contribution in [2.75, 3.05) is 11.1 Å². The van der Waals surface area contributed by atoms with E-state index in [2.05, 4.69) is 21.2 Å². The minimum absolute atomic E-state index is 0.0539. The van der Waals surface area contributed by atoms with Crippen LogP contribution in [0.1, 0.15) is 17.0 Å². The molecule has 0 saturated carbocycles. The number of hydrogen-bond donors (Lipinski definition) is 2. The van der Waals surface area contributed by atoms with Gasteiger partial charge in [-0.2, -0.15) is 0 Å². The van der Waals surface area contributed by atoms with E-state index in [-0.39, 0.29) is 17.6 Å². The van der Waals surface area contributed by atoms with Gasteiger partial charge in [0.15, 0.2) is 0 Å². The van der Waals surface area contributed by atoms with E-state index in [4.69, 9.17) is 5.73 Å². The largest absolute Gasteiger partial charge is 0.398 e. The topological polar surface area (TPSA) is 55.1 Å². The summed E-state index contributed by atoms with van der Waals surface area (Å²) in [4.78, 5) is 12.1. The Kier molecular flexibility index (Phi) is 3.22. The maximum absolute atomic E-state index is 12.9. The number of halogens is 2. The van der Waals surface area contributed by atoms with Crippen molar-refractivity contribution in [2.45, 2.75) is 12.3 Å². The Morgan fingerprint density at radius 2 is 1.95 bits per heavy atom. The molecule has 1 aliphatic rings. The number of nitrogen functional groups attached to an aromatic ring is 1. The lowest BCUT2D eigenvalue weighted by molar-refractivity contribution is -0.117. The van der Waals surface area contributed by atoms with Gasteiger partial charge in [0.1, 0.15) is 5.82 Å². The molecule has 0 spiro atoms. The van der Waals surface area contributed by atoms with Crippen LogP contribution in [0.15, 0.2) is 40.9 Å². The Bertz CT molecular complexity index is 685. The van der Waals surface area contributed by atoms with Crippen molar-refractivity contribution < 1.29 is 9.18 Å². The summed E-state index contributed by atoms with van der Waals surface area (Å²) in [5, 5.41) is 2.83. The first kappa shape index (κ1) is 13.1. The maximum atomic E-state index is 12.9. The zero-order valence-electron chi connectivity index (χ0n) is 10.5. The zero-order valence-corrected chi connectivity index (χ0v) is 12.1. The van der Waals surface area contributed by atoms with Crippen LogP contribution in [-0.2, 0) is 11.2 Å². The summed E-state index contributed by atoms with van der Waals surface area (Å²) in [6, 6.07) is 9.84. The van der Waals surface area contributed by atoms with Crippen molar-refractivity contribution in [2.24, 2.45) is 0 Å². The van der Waals surface area contributed by atoms with Crippen LogP contribution in [0, 0.1) is 5.82 Å². The van der Waals surface area contributed by atoms with Crippen molar-refractivity contribution in [3.05, 3.63) is 57.8 Å². The molecule has 3 rings (SSSR count). The lowest BCUT2D eigenvalue weighted by Crippen LogP contribution is -2.14. The number of nitrogens with two attached hydrogens (primary N) is 1. The molecular formula is C15H12BrFN2O. The van der Waals surface area contributed by atoms with Gasteiger partial charge in [0.05, 0.1) is 5.92 Å². The molecule has 0 fully saturated rings. The van der Waals surface area contributed by atoms with E-state index in [0.29, 0.717) is 12.1 Å². The molecule has 1 unspecified atom stereocenters. The van der Waals surface area contributed by atoms with E-state index in [1.807, 2.05) is 6.07 Å². The molecular weight excluding hydrogens is 323 g/mol. The average Bonchev–Trinajstić information content (AvgIpc) is 2.69. The molecule has 1 aliphatic heterocycles. The number of rotatable bonds is 2. The van der Waals surface area contributed by atoms with Gasteiger partial charge in [-0.25, -0.2) is 4.39 Å². The van der Waals surface area contributed by atoms with Crippen molar-refractivity contribution in [3.63, 3.8) is 0 Å². The highest BCUT2D eigenvalue weighted by Gasteiger charge is 2.31. The van der Waals surface area contributed by atoms with Crippen molar-refractivity contribution in [1.29, 1.82) is 0 Å². The third-order valence-electron chi connectivity index (χ3n) is 3.47. The van der Waals surface area contributed by atoms with Gasteiger partial charge in [0.25, 0.3) is 0 Å². The molecule has 1 heterocycles. The number of anilines is 2. The molecule has 0 aliphatic carbocycles. The van der Waals surface area contributed by atoms with E-state index < -0.39 is 0 Å². The van der Waals surface area contributed by atoms with Gasteiger partial charge >= 0.3 is 0 Å². The third-order valence-corrected chi connectivity index (χ3v) is 4.16. The lowest BCUT2D eigenvalue weighted by Gasteiger charge is -2.10. The van der Waals surface area contributed by atoms with E-state index in [1.54, 1.807) is 18.2 Å². The Morgan fingerprint density at radius 3 is 2.65 bits per heavy atom. The van der Waals surface area contributed by atoms with Gasteiger partial charge in [-0.3, -0.25) is 4.79 Å². The maximum Gasteiger partial charge on any atom is 0.232 e. The number of hydrogen-bond acceptors (Lipinski definition) is 2. The molecule has 0 bridgehead atoms. The quantitative estimate of drug-likeness (QED) is 0.826. The minimum atomic E-state index is -0.277. The monoisotopic (exact) mass is 334 g/mol. The fourth-order valence-corrected chi connectivity index (χ4v) is 2.78. The molecule has 5 heteroatoms. The number of nitrogens with one attached hydrogen (secondary N) is 1. The average molecular weight is 335 g/mol. The normalized spacial score (nSPS) is 16.9. The molecule has 3 N–H and O–H groups in total. The van der Waals surface area contributed by atoms with Crippen LogP contribution in [-0.4, -0.2) is 5.91 Å². The summed E-state index contributed by atoms with van der Waals surface area (Å²) in [6.07, 6.45) is 0.537. The Morgan fingerprint density at radius 1 is 1.25 bits per heavy atom. The summed E-state index contributed by atoms with van der Waals surface area (Å²) in [6.45, 7) is 0. The zero-order chi connectivity index (χ0) is 14.3. The summed E-state index contributed by atoms with van der Waals surface area (Å²) in [5.74, 6) is -0.602. The molecule has 0 radical (unpaired) electrons. The molecule has 0 aromatic heterocycles. The van der Waals surface area contributed by atoms with Crippen LogP contribution in [0.25, 0.3) is 0 Å². The number of carbonyl (C=O) groups excluding carboxylic acids is 1. The summed E-state index contributed by atoms with van der Waals surface area (Å²) in [5.41, 5.74) is 9.00. The predicted octanol–water partition coefficient (Wildman–Crippen LogP) is 3.45. The van der Waals surface area contributed by atoms with Crippen molar-refractivity contribution in [3.8, 4) is 0 Å². The van der Waals surface area contributed by atoms with Gasteiger partial charge in [0, 0.05) is 15.8 Å². The van der Waals surface area contributed by atoms with Gasteiger partial charge < -0.3 is 11.1 Å². The Hall–Kier alpha value is -1.88. The second kappa shape index (κ2) is 4.90. The first-order valence-electron chi connectivity index (χ1n) is 6.19. The Labute approximate surface area is 124 Å². The van der Waals surface area contributed by atoms with Gasteiger partial charge in [-0.1, -0.05) is 12.1 Å². The Balaban J connectivity index is 1.94. The van der Waals surface area contributed by atoms with Gasteiger partial charge in [-0.15, -0.1) is 0 Å². The van der Waals surface area contributed by atoms with E-state index in [1.165, 1.54) is 12.1 Å². The van der Waals surface area contributed by atoms with E-state index in [0.717, 1.165) is 21.3 Å². The number of carbonyl (C=O) groups is 1. The number of amides is 1. The lowest BCUT2D eigenvalue weighted by atomic mass is 9.93. The first-order valence-corrected chi connectivity index (χ1v) is 6.98. The number of fused-ring (bicyclic) bond motifs is 1. The van der Waals surface area contributed by atoms with Crippen LogP contribution >= 0.6 is 15.9 Å². The number of benzene rings is 2. The first-order chi connectivity index (χ1) is 9.54. The summed E-state index contributed by atoms with van der Waals surface area (Å²) in [7, 11) is 0. The highest BCUT2D eigenvalue weighted by molar-refractivity contribution is 9.10. The summed E-state index contributed by atoms with van der Waals surface area (Å²) >= 11 is 3.38. The van der Waals surface area contributed by atoms with Gasteiger partial charge in [-0.05, 0) is 57.7 Å². The van der Waals surface area contributed by atoms with E-state index >= 15 is 0 Å². The smallest absolute Gasteiger partial charge is 0.232 e. The standard InChI is InChI=1S/C15H12BrFN2O/c16-12-6-10-11(5-8-1-3-9(17)4-2-8)15(20)19-14(10)7-13(12)18/h1-4,6-7,11H,5,18H2,(H,19,20). The van der Waals surface area contributed by atoms with Crippen molar-refractivity contribution in [1.82, 2.24) is 0 Å². The second-order valence-electron chi connectivity index (χ2n) is 4.83. The van der Waals surface area contributed by atoms with Crippen LogP contribution in [0.2, 0.25) is 0 Å². The van der Waals surface area contributed by atoms with Crippen molar-refractivity contribution >= 4 is 33.2 Å². The molecule has 3 nitrogen and oxygen atoms in total.